The van der Waals surface area contributed by atoms with Gasteiger partial charge in [0.05, 0.1) is 7.11 Å². The molecule has 0 saturated carbocycles. The van der Waals surface area contributed by atoms with E-state index in [9.17, 15) is 19.2 Å². The van der Waals surface area contributed by atoms with Crippen molar-refractivity contribution in [2.75, 3.05) is 20.2 Å². The Morgan fingerprint density at radius 3 is 2.21 bits per heavy atom. The Kier molecular flexibility index (Phi) is 7.68. The zero-order chi connectivity index (χ0) is 24.1. The average Bonchev–Trinajstić information content (AvgIpc) is 2.82. The number of esters is 1. The van der Waals surface area contributed by atoms with Gasteiger partial charge in [0.25, 0.3) is 11.8 Å². The van der Waals surface area contributed by atoms with Gasteiger partial charge >= 0.3 is 5.97 Å². The second kappa shape index (κ2) is 10.5. The van der Waals surface area contributed by atoms with Crippen molar-refractivity contribution in [3.63, 3.8) is 0 Å². The molecule has 0 unspecified atom stereocenters. The van der Waals surface area contributed by atoms with Crippen LogP contribution in [0.5, 0.6) is 0 Å². The Hall–Kier alpha value is -3.42. The van der Waals surface area contributed by atoms with Crippen molar-refractivity contribution < 1.29 is 19.1 Å². The lowest BCUT2D eigenvalue weighted by Gasteiger charge is -2.30. The summed E-state index contributed by atoms with van der Waals surface area (Å²) < 4.78 is 6.52. The van der Waals surface area contributed by atoms with E-state index in [1.54, 1.807) is 39.8 Å². The van der Waals surface area contributed by atoms with Crippen LogP contribution in [0.3, 0.4) is 0 Å². The molecule has 1 saturated heterocycles. The number of hydrogen-bond acceptors (Lipinski definition) is 5. The number of carbonyl (C=O) groups excluding carboxylic acids is 3. The van der Waals surface area contributed by atoms with Crippen LogP contribution in [-0.2, 0) is 9.53 Å². The summed E-state index contributed by atoms with van der Waals surface area (Å²) in [6, 6.07) is 7.47. The molecular weight excluding hydrogens is 422 g/mol. The van der Waals surface area contributed by atoms with Gasteiger partial charge in [0.15, 0.2) is 6.04 Å². The summed E-state index contributed by atoms with van der Waals surface area (Å²) in [5.41, 5.74) is -0.355. The highest BCUT2D eigenvalue weighted by atomic mass is 16.5. The smallest absolute Gasteiger partial charge is 0.333 e. The number of hydrogen-bond donors (Lipinski definition) is 1. The highest BCUT2D eigenvalue weighted by Crippen LogP contribution is 2.19. The molecule has 1 atom stereocenters. The molecule has 8 heteroatoms. The molecule has 2 amide bonds. The Balaban J connectivity index is 1.97. The minimum Gasteiger partial charge on any atom is -0.467 e. The van der Waals surface area contributed by atoms with Crippen LogP contribution in [0.1, 0.15) is 72.0 Å². The minimum atomic E-state index is -1.08. The lowest BCUT2D eigenvalue weighted by atomic mass is 9.98. The summed E-state index contributed by atoms with van der Waals surface area (Å²) >= 11 is 0. The highest BCUT2D eigenvalue weighted by Gasteiger charge is 2.29. The maximum atomic E-state index is 13.3. The highest BCUT2D eigenvalue weighted by molar-refractivity contribution is 6.00. The van der Waals surface area contributed by atoms with Crippen molar-refractivity contribution in [1.29, 1.82) is 0 Å². The predicted octanol–water partition coefficient (Wildman–Crippen LogP) is 2.95. The number of ether oxygens (including phenoxy) is 1. The van der Waals surface area contributed by atoms with Gasteiger partial charge in [-0.15, -0.1) is 0 Å². The molecule has 1 aliphatic heterocycles. The second-order valence-electron chi connectivity index (χ2n) is 8.77. The predicted molar refractivity (Wildman–Crippen MR) is 124 cm³/mol. The fourth-order valence-electron chi connectivity index (χ4n) is 3.84. The first-order valence-electron chi connectivity index (χ1n) is 11.2. The number of likely N-dealkylation sites (tertiary alicyclic amines) is 1. The van der Waals surface area contributed by atoms with Gasteiger partial charge in [-0.05, 0) is 38.2 Å². The maximum Gasteiger partial charge on any atom is 0.333 e. The number of pyridine rings is 1. The molecule has 0 spiro atoms. The Morgan fingerprint density at radius 1 is 1.03 bits per heavy atom. The summed E-state index contributed by atoms with van der Waals surface area (Å²) in [5, 5.41) is 2.61. The Labute approximate surface area is 193 Å². The number of amides is 2. The first-order chi connectivity index (χ1) is 15.7. The third-order valence-corrected chi connectivity index (χ3v) is 6.03. The number of piperidine rings is 1. The molecular formula is C25H31N3O5. The van der Waals surface area contributed by atoms with Crippen LogP contribution < -0.4 is 10.7 Å². The fraction of sp³-hybridized carbons (Fsp3) is 0.440. The summed E-state index contributed by atoms with van der Waals surface area (Å²) in [7, 11) is 1.23. The van der Waals surface area contributed by atoms with Gasteiger partial charge < -0.3 is 19.5 Å². The van der Waals surface area contributed by atoms with Crippen LogP contribution in [0.4, 0.5) is 0 Å². The van der Waals surface area contributed by atoms with Crippen LogP contribution >= 0.6 is 0 Å². The van der Waals surface area contributed by atoms with E-state index in [0.29, 0.717) is 24.6 Å². The fourth-order valence-corrected chi connectivity index (χ4v) is 3.84. The van der Waals surface area contributed by atoms with Crippen LogP contribution in [0.25, 0.3) is 0 Å². The Morgan fingerprint density at radius 2 is 1.64 bits per heavy atom. The van der Waals surface area contributed by atoms with Crippen LogP contribution in [0.15, 0.2) is 47.5 Å². The van der Waals surface area contributed by atoms with E-state index in [1.165, 1.54) is 19.5 Å². The molecule has 1 aromatic heterocycles. The molecule has 1 N–H and O–H groups in total. The summed E-state index contributed by atoms with van der Waals surface area (Å²) in [4.78, 5) is 53.7. The van der Waals surface area contributed by atoms with Gasteiger partial charge in [-0.3, -0.25) is 14.4 Å². The molecule has 33 heavy (non-hydrogen) atoms. The van der Waals surface area contributed by atoms with Gasteiger partial charge in [0.2, 0.25) is 5.43 Å². The number of nitrogens with zero attached hydrogens (tertiary/aromatic N) is 2. The van der Waals surface area contributed by atoms with E-state index in [0.717, 1.165) is 12.8 Å². The zero-order valence-electron chi connectivity index (χ0n) is 19.5. The van der Waals surface area contributed by atoms with Crippen molar-refractivity contribution in [3.05, 3.63) is 69.6 Å². The normalized spacial score (nSPS) is 15.2. The van der Waals surface area contributed by atoms with Crippen LogP contribution in [-0.4, -0.2) is 47.4 Å². The first-order valence-corrected chi connectivity index (χ1v) is 11.2. The number of carbonyl (C=O) groups is 3. The average molecular weight is 454 g/mol. The molecule has 3 rings (SSSR count). The SMILES string of the molecule is COC(=O)[C@@H](NC(=O)c1cn(C(C)C)cc(C(=O)N2CCC(C)CC2)c1=O)c1ccccc1. The van der Waals surface area contributed by atoms with Gasteiger partial charge in [-0.1, -0.05) is 37.3 Å². The molecule has 1 aromatic carbocycles. The molecule has 0 aliphatic carbocycles. The number of aromatic nitrogens is 1. The standard InChI is InChI=1S/C25H31N3O5/c1-16(2)28-14-19(22(29)20(15-28)24(31)27-12-10-17(3)11-13-27)23(30)26-21(25(32)33-4)18-8-6-5-7-9-18/h5-9,14-17,21H,10-13H2,1-4H3,(H,26,30)/t21-/m0/s1. The monoisotopic (exact) mass is 453 g/mol. The second-order valence-corrected chi connectivity index (χ2v) is 8.77. The van der Waals surface area contributed by atoms with E-state index in [1.807, 2.05) is 13.8 Å². The third kappa shape index (κ3) is 5.50. The lowest BCUT2D eigenvalue weighted by molar-refractivity contribution is -0.143. The molecule has 0 radical (unpaired) electrons. The first kappa shape index (κ1) is 24.2. The van der Waals surface area contributed by atoms with Crippen molar-refractivity contribution in [1.82, 2.24) is 14.8 Å². The minimum absolute atomic E-state index is 0.0415. The van der Waals surface area contributed by atoms with Crippen molar-refractivity contribution in [3.8, 4) is 0 Å². The van der Waals surface area contributed by atoms with Crippen molar-refractivity contribution >= 4 is 17.8 Å². The quantitative estimate of drug-likeness (QED) is 0.678. The molecule has 8 nitrogen and oxygen atoms in total. The van der Waals surface area contributed by atoms with E-state index in [-0.39, 0.29) is 23.1 Å². The topological polar surface area (TPSA) is 97.7 Å². The number of nitrogens with one attached hydrogen (secondary N) is 1. The molecule has 1 aliphatic rings. The van der Waals surface area contributed by atoms with Crippen molar-refractivity contribution in [2.24, 2.45) is 5.92 Å². The molecule has 2 heterocycles. The zero-order valence-corrected chi connectivity index (χ0v) is 19.5. The third-order valence-electron chi connectivity index (χ3n) is 6.03. The van der Waals surface area contributed by atoms with Crippen molar-refractivity contribution in [2.45, 2.75) is 45.7 Å². The number of methoxy groups -OCH3 is 1. The lowest BCUT2D eigenvalue weighted by Crippen LogP contribution is -2.42. The van der Waals surface area contributed by atoms with E-state index >= 15 is 0 Å². The van der Waals surface area contributed by atoms with Gasteiger partial charge in [-0.2, -0.15) is 0 Å². The van der Waals surface area contributed by atoms with Crippen LogP contribution in [0.2, 0.25) is 0 Å². The molecule has 1 fully saturated rings. The molecule has 176 valence electrons. The Bertz CT molecular complexity index is 1070. The molecule has 0 bridgehead atoms. The summed E-state index contributed by atoms with van der Waals surface area (Å²) in [6.45, 7) is 7.09. The largest absolute Gasteiger partial charge is 0.467 e. The van der Waals surface area contributed by atoms with Crippen LogP contribution in [0, 0.1) is 5.92 Å². The maximum absolute atomic E-state index is 13.3. The summed E-state index contributed by atoms with van der Waals surface area (Å²) in [5.74, 6) is -1.24. The van der Waals surface area contributed by atoms with E-state index in [2.05, 4.69) is 12.2 Å². The number of rotatable bonds is 6. The van der Waals surface area contributed by atoms with Gasteiger partial charge in [0.1, 0.15) is 11.1 Å². The number of benzene rings is 1. The van der Waals surface area contributed by atoms with Gasteiger partial charge in [0, 0.05) is 31.5 Å². The molecule has 2 aromatic rings. The van der Waals surface area contributed by atoms with E-state index < -0.39 is 23.3 Å². The van der Waals surface area contributed by atoms with Gasteiger partial charge in [-0.25, -0.2) is 4.79 Å². The summed E-state index contributed by atoms with van der Waals surface area (Å²) in [6.07, 6.45) is 4.69. The van der Waals surface area contributed by atoms with E-state index in [4.69, 9.17) is 4.74 Å².